The van der Waals surface area contributed by atoms with Gasteiger partial charge in [0, 0.05) is 24.2 Å². The number of hydrogen-bond donors (Lipinski definition) is 2. The summed E-state index contributed by atoms with van der Waals surface area (Å²) < 4.78 is 74.1. The first-order chi connectivity index (χ1) is 18.5. The van der Waals surface area contributed by atoms with Crippen LogP contribution in [0.1, 0.15) is 26.3 Å². The van der Waals surface area contributed by atoms with E-state index >= 15 is 4.39 Å². The first kappa shape index (κ1) is 30.5. The molecule has 1 aromatic carbocycles. The molecule has 3 N–H and O–H groups in total. The fourth-order valence-corrected chi connectivity index (χ4v) is 6.07. The largest absolute Gasteiger partial charge is 0.490 e. The summed E-state index contributed by atoms with van der Waals surface area (Å²) in [6, 6.07) is 6.20. The molecular weight excluding hydrogens is 560 g/mol. The average molecular weight is 587 g/mol. The average Bonchev–Trinajstić information content (AvgIpc) is 3.38. The molecule has 3 aromatic rings. The van der Waals surface area contributed by atoms with Crippen LogP contribution in [0.25, 0.3) is 22.7 Å². The predicted molar refractivity (Wildman–Crippen MR) is 138 cm³/mol. The van der Waals surface area contributed by atoms with Gasteiger partial charge < -0.3 is 20.1 Å². The number of aromatic nitrogens is 3. The van der Waals surface area contributed by atoms with E-state index in [0.29, 0.717) is 28.6 Å². The number of carboxylic acids is 1. The summed E-state index contributed by atoms with van der Waals surface area (Å²) in [5, 5.41) is 11.2. The fraction of sp³-hybridized carbons (Fsp3) is 0.375. The van der Waals surface area contributed by atoms with Crippen LogP contribution < -0.4 is 10.5 Å². The Hall–Kier alpha value is -4.08. The van der Waals surface area contributed by atoms with Crippen molar-refractivity contribution in [2.75, 3.05) is 19.9 Å². The Balaban J connectivity index is 0.000000559. The standard InChI is InChI=1S/C22H25FN6O3S.C2HF3O2/c1-21(2)20(24)28-22(3,12-33(21,30)25-4)14-8-13(6-7-15(14)23)18-9-16(29-32-18)17-10-27-19(31-5)11-26-17;3-2(4,5)1(6)7/h6-11H,12H2,1-5H3,(H2,24,28);(H,6,7)/t22-,33+;/m0./s1. The van der Waals surface area contributed by atoms with Gasteiger partial charge in [-0.2, -0.15) is 13.2 Å². The molecule has 0 fully saturated rings. The number of carbonyl (C=O) groups is 1. The summed E-state index contributed by atoms with van der Waals surface area (Å²) in [5.74, 6) is -2.25. The molecule has 4 rings (SSSR count). The molecular formula is C24H26F4N6O5S. The second kappa shape index (κ2) is 10.8. The molecule has 2 aromatic heterocycles. The van der Waals surface area contributed by atoms with Crippen molar-refractivity contribution in [3.63, 3.8) is 0 Å². The molecule has 3 heterocycles. The Morgan fingerprint density at radius 3 is 2.35 bits per heavy atom. The smallest absolute Gasteiger partial charge is 0.480 e. The van der Waals surface area contributed by atoms with Crippen molar-refractivity contribution >= 4 is 21.5 Å². The fourth-order valence-electron chi connectivity index (χ4n) is 3.77. The number of carboxylic acid groups (broad SMARTS) is 1. The molecule has 216 valence electrons. The minimum absolute atomic E-state index is 0.0354. The second-order valence-electron chi connectivity index (χ2n) is 9.27. The van der Waals surface area contributed by atoms with Crippen molar-refractivity contribution in [1.29, 1.82) is 0 Å². The van der Waals surface area contributed by atoms with Crippen LogP contribution in [0.15, 0.2) is 50.5 Å². The number of aliphatic imine (C=N–C) groups is 1. The first-order valence-electron chi connectivity index (χ1n) is 11.4. The number of nitrogens with two attached hydrogens (primary N) is 1. The number of ether oxygens (including phenoxy) is 1. The second-order valence-corrected chi connectivity index (χ2v) is 12.2. The monoisotopic (exact) mass is 586 g/mol. The van der Waals surface area contributed by atoms with Crippen LogP contribution in [-0.4, -0.2) is 67.1 Å². The van der Waals surface area contributed by atoms with Crippen molar-refractivity contribution in [3.05, 3.63) is 48.0 Å². The number of halogens is 4. The normalized spacial score (nSPS) is 22.0. The summed E-state index contributed by atoms with van der Waals surface area (Å²) in [4.78, 5) is 21.8. The molecule has 2 atom stereocenters. The molecule has 40 heavy (non-hydrogen) atoms. The van der Waals surface area contributed by atoms with Crippen molar-refractivity contribution in [1.82, 2.24) is 15.1 Å². The summed E-state index contributed by atoms with van der Waals surface area (Å²) in [7, 11) is 0.195. The van der Waals surface area contributed by atoms with Crippen molar-refractivity contribution < 1.29 is 40.9 Å². The summed E-state index contributed by atoms with van der Waals surface area (Å²) in [6.45, 7) is 5.19. The third kappa shape index (κ3) is 5.90. The van der Waals surface area contributed by atoms with Crippen molar-refractivity contribution in [3.8, 4) is 28.6 Å². The Bertz CT molecular complexity index is 1560. The lowest BCUT2D eigenvalue weighted by Crippen LogP contribution is -2.54. The lowest BCUT2D eigenvalue weighted by Gasteiger charge is -2.40. The van der Waals surface area contributed by atoms with E-state index in [0.717, 1.165) is 0 Å². The van der Waals surface area contributed by atoms with Gasteiger partial charge in [-0.05, 0) is 39.0 Å². The third-order valence-corrected chi connectivity index (χ3v) is 9.58. The maximum atomic E-state index is 15.0. The number of aliphatic carboxylic acids is 1. The van der Waals surface area contributed by atoms with Gasteiger partial charge in [-0.3, -0.25) is 4.99 Å². The maximum Gasteiger partial charge on any atom is 0.490 e. The first-order valence-corrected chi connectivity index (χ1v) is 13.1. The highest BCUT2D eigenvalue weighted by molar-refractivity contribution is 7.95. The SMILES string of the molecule is CN=[S@@]1(=O)C[C@@](C)(c2cc(-c3cc(-c4cnc(OC)cn4)no3)ccc2F)N=C(N)C1(C)C.O=C(O)C(F)(F)F. The number of methoxy groups -OCH3 is 1. The maximum absolute atomic E-state index is 15.0. The highest BCUT2D eigenvalue weighted by Gasteiger charge is 2.47. The number of rotatable bonds is 4. The highest BCUT2D eigenvalue weighted by atomic mass is 32.2. The van der Waals surface area contributed by atoms with Gasteiger partial charge in [0.15, 0.2) is 5.76 Å². The zero-order chi connectivity index (χ0) is 30.1. The van der Waals surface area contributed by atoms with E-state index in [-0.39, 0.29) is 17.2 Å². The highest BCUT2D eigenvalue weighted by Crippen LogP contribution is 2.40. The Kier molecular flexibility index (Phi) is 8.24. The lowest BCUT2D eigenvalue weighted by molar-refractivity contribution is -0.192. The molecule has 0 amide bonds. The molecule has 1 aliphatic heterocycles. The molecule has 0 aliphatic carbocycles. The number of amidine groups is 1. The van der Waals surface area contributed by atoms with Crippen LogP contribution in [0.2, 0.25) is 0 Å². The van der Waals surface area contributed by atoms with Gasteiger partial charge in [0.2, 0.25) is 5.88 Å². The van der Waals surface area contributed by atoms with Crippen LogP contribution in [0.3, 0.4) is 0 Å². The van der Waals surface area contributed by atoms with Gasteiger partial charge in [0.1, 0.15) is 33.3 Å². The van der Waals surface area contributed by atoms with Crippen LogP contribution >= 0.6 is 0 Å². The molecule has 1 aliphatic rings. The zero-order valence-electron chi connectivity index (χ0n) is 22.0. The summed E-state index contributed by atoms with van der Waals surface area (Å²) in [5.41, 5.74) is 6.82. The summed E-state index contributed by atoms with van der Waals surface area (Å²) >= 11 is 0. The number of hydrogen-bond acceptors (Lipinski definition) is 10. The van der Waals surface area contributed by atoms with E-state index in [1.165, 1.54) is 32.6 Å². The molecule has 0 bridgehead atoms. The Labute approximate surface area is 226 Å². The molecule has 0 unspecified atom stereocenters. The number of alkyl halides is 3. The van der Waals surface area contributed by atoms with E-state index in [1.54, 1.807) is 39.0 Å². The zero-order valence-corrected chi connectivity index (χ0v) is 22.8. The van der Waals surface area contributed by atoms with Crippen LogP contribution in [0, 0.1) is 5.82 Å². The van der Waals surface area contributed by atoms with Gasteiger partial charge in [0.05, 0.1) is 35.0 Å². The van der Waals surface area contributed by atoms with Gasteiger partial charge in [-0.25, -0.2) is 27.7 Å². The van der Waals surface area contributed by atoms with Gasteiger partial charge >= 0.3 is 12.1 Å². The Morgan fingerprint density at radius 1 is 1.18 bits per heavy atom. The van der Waals surface area contributed by atoms with E-state index in [9.17, 15) is 17.4 Å². The molecule has 16 heteroatoms. The van der Waals surface area contributed by atoms with Gasteiger partial charge in [-0.15, -0.1) is 0 Å². The molecule has 0 radical (unpaired) electrons. The van der Waals surface area contributed by atoms with Crippen LogP contribution in [-0.2, 0) is 20.1 Å². The predicted octanol–water partition coefficient (Wildman–Crippen LogP) is 4.04. The number of nitrogens with zero attached hydrogens (tertiary/aromatic N) is 5. The van der Waals surface area contributed by atoms with Gasteiger partial charge in [0.25, 0.3) is 0 Å². The molecule has 0 spiro atoms. The lowest BCUT2D eigenvalue weighted by atomic mass is 9.91. The third-order valence-electron chi connectivity index (χ3n) is 6.24. The Morgan fingerprint density at radius 2 is 1.82 bits per heavy atom. The van der Waals surface area contributed by atoms with Crippen LogP contribution in [0.4, 0.5) is 17.6 Å². The van der Waals surface area contributed by atoms with Crippen LogP contribution in [0.5, 0.6) is 5.88 Å². The molecule has 0 saturated heterocycles. The van der Waals surface area contributed by atoms with Crippen molar-refractivity contribution in [2.24, 2.45) is 15.1 Å². The topological polar surface area (TPSA) is 166 Å². The molecule has 0 saturated carbocycles. The minimum atomic E-state index is -5.08. The quantitative estimate of drug-likeness (QED) is 0.429. The van der Waals surface area contributed by atoms with E-state index < -0.39 is 38.0 Å². The van der Waals surface area contributed by atoms with E-state index in [4.69, 9.17) is 24.9 Å². The van der Waals surface area contributed by atoms with Gasteiger partial charge in [-0.1, -0.05) is 5.16 Å². The van der Waals surface area contributed by atoms with E-state index in [2.05, 4.69) is 24.5 Å². The van der Waals surface area contributed by atoms with Crippen molar-refractivity contribution in [2.45, 2.75) is 37.2 Å². The number of benzene rings is 1. The van der Waals surface area contributed by atoms with E-state index in [1.807, 2.05) is 0 Å². The minimum Gasteiger partial charge on any atom is -0.480 e. The summed E-state index contributed by atoms with van der Waals surface area (Å²) in [6.07, 6.45) is -2.09. The molecule has 11 nitrogen and oxygen atoms in total.